The van der Waals surface area contributed by atoms with Gasteiger partial charge in [0.2, 0.25) is 0 Å². The lowest BCUT2D eigenvalue weighted by Gasteiger charge is -2.37. The fourth-order valence-electron chi connectivity index (χ4n) is 2.63. The number of hydrogen-bond donors (Lipinski definition) is 2. The molecule has 1 aromatic heterocycles. The maximum Gasteiger partial charge on any atom is 0.251 e. The molecule has 98 valence electrons. The van der Waals surface area contributed by atoms with Crippen molar-refractivity contribution in [2.45, 2.75) is 38.6 Å². The molecule has 0 radical (unpaired) electrons. The Balaban J connectivity index is 2.39. The smallest absolute Gasteiger partial charge is 0.251 e. The summed E-state index contributed by atoms with van der Waals surface area (Å²) in [5.74, 6) is -0.114. The summed E-state index contributed by atoms with van der Waals surface area (Å²) < 4.78 is 0. The Hall–Kier alpha value is -1.78. The van der Waals surface area contributed by atoms with Crippen LogP contribution in [0.1, 0.15) is 43.0 Å². The van der Waals surface area contributed by atoms with Gasteiger partial charge in [0.1, 0.15) is 5.82 Å². The van der Waals surface area contributed by atoms with E-state index in [4.69, 9.17) is 11.5 Å². The van der Waals surface area contributed by atoms with Crippen molar-refractivity contribution >= 4 is 17.4 Å². The molecule has 1 fully saturated rings. The van der Waals surface area contributed by atoms with E-state index in [1.54, 1.807) is 12.3 Å². The summed E-state index contributed by atoms with van der Waals surface area (Å²) in [5, 5.41) is 0. The minimum absolute atomic E-state index is 0.331. The van der Waals surface area contributed by atoms with E-state index in [-0.39, 0.29) is 0 Å². The first-order chi connectivity index (χ1) is 8.63. The molecule has 0 aromatic carbocycles. The van der Waals surface area contributed by atoms with Crippen LogP contribution in [0.4, 0.5) is 11.5 Å². The number of anilines is 2. The van der Waals surface area contributed by atoms with Crippen molar-refractivity contribution in [2.24, 2.45) is 5.73 Å². The maximum atomic E-state index is 11.5. The van der Waals surface area contributed by atoms with Crippen molar-refractivity contribution in [1.82, 2.24) is 4.98 Å². The number of pyridine rings is 1. The highest BCUT2D eigenvalue weighted by Gasteiger charge is 2.24. The summed E-state index contributed by atoms with van der Waals surface area (Å²) in [6, 6.07) is 2.03. The van der Waals surface area contributed by atoms with E-state index in [1.165, 1.54) is 6.42 Å². The summed E-state index contributed by atoms with van der Waals surface area (Å²) in [7, 11) is 0. The van der Waals surface area contributed by atoms with E-state index in [2.05, 4.69) is 16.8 Å². The lowest BCUT2D eigenvalue weighted by atomic mass is 9.98. The van der Waals surface area contributed by atoms with Crippen molar-refractivity contribution in [3.63, 3.8) is 0 Å². The molecule has 1 atom stereocenters. The van der Waals surface area contributed by atoms with Gasteiger partial charge in [0.25, 0.3) is 5.91 Å². The number of aromatic nitrogens is 1. The minimum atomic E-state index is -0.445. The molecule has 1 amide bonds. The number of primary amides is 1. The Labute approximate surface area is 107 Å². The van der Waals surface area contributed by atoms with Gasteiger partial charge >= 0.3 is 0 Å². The zero-order chi connectivity index (χ0) is 13.1. The van der Waals surface area contributed by atoms with E-state index in [0.29, 0.717) is 17.4 Å². The van der Waals surface area contributed by atoms with Crippen molar-refractivity contribution in [1.29, 1.82) is 0 Å². The number of amides is 1. The van der Waals surface area contributed by atoms with Gasteiger partial charge in [0.15, 0.2) is 0 Å². The fraction of sp³-hybridized carbons (Fsp3) is 0.538. The second-order valence-corrected chi connectivity index (χ2v) is 4.74. The first-order valence-corrected chi connectivity index (χ1v) is 6.45. The normalized spacial score (nSPS) is 19.8. The zero-order valence-electron chi connectivity index (χ0n) is 10.7. The van der Waals surface area contributed by atoms with E-state index in [1.807, 2.05) is 0 Å². The molecular weight excluding hydrogens is 228 g/mol. The molecule has 1 saturated heterocycles. The van der Waals surface area contributed by atoms with Crippen LogP contribution in [0.5, 0.6) is 0 Å². The van der Waals surface area contributed by atoms with Gasteiger partial charge in [-0.3, -0.25) is 4.79 Å². The minimum Gasteiger partial charge on any atom is -0.384 e. The molecule has 5 heteroatoms. The molecule has 0 saturated carbocycles. The molecule has 1 aliphatic rings. The number of hydrogen-bond acceptors (Lipinski definition) is 4. The highest BCUT2D eigenvalue weighted by molar-refractivity contribution is 5.99. The Morgan fingerprint density at radius 3 is 3.00 bits per heavy atom. The van der Waals surface area contributed by atoms with Gasteiger partial charge in [-0.15, -0.1) is 0 Å². The quantitative estimate of drug-likeness (QED) is 0.849. The fourth-order valence-corrected chi connectivity index (χ4v) is 2.63. The van der Waals surface area contributed by atoms with Crippen LogP contribution >= 0.6 is 0 Å². The molecule has 2 rings (SSSR count). The average Bonchev–Trinajstić information content (AvgIpc) is 2.38. The van der Waals surface area contributed by atoms with Crippen LogP contribution in [-0.4, -0.2) is 23.5 Å². The molecule has 1 aliphatic heterocycles. The average molecular weight is 248 g/mol. The summed E-state index contributed by atoms with van der Waals surface area (Å²) in [5.41, 5.74) is 12.3. The van der Waals surface area contributed by atoms with Crippen molar-refractivity contribution < 1.29 is 4.79 Å². The molecule has 0 bridgehead atoms. The van der Waals surface area contributed by atoms with Gasteiger partial charge in [0, 0.05) is 12.6 Å². The number of piperidine rings is 1. The lowest BCUT2D eigenvalue weighted by Crippen LogP contribution is -2.40. The van der Waals surface area contributed by atoms with Crippen molar-refractivity contribution in [2.75, 3.05) is 17.2 Å². The first kappa shape index (κ1) is 12.7. The largest absolute Gasteiger partial charge is 0.384 e. The molecule has 4 N–H and O–H groups in total. The van der Waals surface area contributed by atoms with Crippen LogP contribution in [0.25, 0.3) is 0 Å². The van der Waals surface area contributed by atoms with E-state index < -0.39 is 5.91 Å². The Bertz CT molecular complexity index is 447. The van der Waals surface area contributed by atoms with Gasteiger partial charge in [-0.2, -0.15) is 0 Å². The van der Waals surface area contributed by atoms with Crippen molar-refractivity contribution in [3.05, 3.63) is 17.8 Å². The molecule has 5 nitrogen and oxygen atoms in total. The third-order valence-electron chi connectivity index (χ3n) is 3.58. The summed E-state index contributed by atoms with van der Waals surface area (Å²) in [6.07, 6.45) is 6.26. The van der Waals surface area contributed by atoms with E-state index >= 15 is 0 Å². The van der Waals surface area contributed by atoms with E-state index in [9.17, 15) is 4.79 Å². The Morgan fingerprint density at radius 1 is 1.56 bits per heavy atom. The second kappa shape index (κ2) is 5.25. The Kier molecular flexibility index (Phi) is 3.69. The number of nitrogens with two attached hydrogens (primary N) is 2. The topological polar surface area (TPSA) is 85.2 Å². The van der Waals surface area contributed by atoms with Crippen LogP contribution in [0.15, 0.2) is 12.3 Å². The maximum absolute atomic E-state index is 11.5. The van der Waals surface area contributed by atoms with Crippen LogP contribution in [-0.2, 0) is 0 Å². The van der Waals surface area contributed by atoms with Crippen LogP contribution < -0.4 is 16.4 Å². The third-order valence-corrected chi connectivity index (χ3v) is 3.58. The third kappa shape index (κ3) is 2.39. The number of nitrogen functional groups attached to an aromatic ring is 1. The molecule has 0 aliphatic carbocycles. The summed E-state index contributed by atoms with van der Waals surface area (Å²) in [6.45, 7) is 3.11. The highest BCUT2D eigenvalue weighted by atomic mass is 16.1. The molecule has 1 unspecified atom stereocenters. The van der Waals surface area contributed by atoms with Gasteiger partial charge < -0.3 is 16.4 Å². The van der Waals surface area contributed by atoms with Crippen molar-refractivity contribution in [3.8, 4) is 0 Å². The van der Waals surface area contributed by atoms with Crippen LogP contribution in [0.2, 0.25) is 0 Å². The van der Waals surface area contributed by atoms with Gasteiger partial charge in [0.05, 0.1) is 17.4 Å². The van der Waals surface area contributed by atoms with Gasteiger partial charge in [-0.05, 0) is 31.7 Å². The number of carbonyl (C=O) groups is 1. The standard InChI is InChI=1S/C13H20N4O/c1-2-9-5-3-4-6-17(9)11-8-16-12(14)7-10(11)13(15)18/h7-9H,2-6H2,1H3,(H2,14,16)(H2,15,18). The van der Waals surface area contributed by atoms with Crippen LogP contribution in [0.3, 0.4) is 0 Å². The monoisotopic (exact) mass is 248 g/mol. The molecule has 18 heavy (non-hydrogen) atoms. The molecule has 1 aromatic rings. The summed E-state index contributed by atoms with van der Waals surface area (Å²) in [4.78, 5) is 17.9. The number of nitrogens with zero attached hydrogens (tertiary/aromatic N) is 2. The SMILES string of the molecule is CCC1CCCCN1c1cnc(N)cc1C(N)=O. The Morgan fingerprint density at radius 2 is 2.33 bits per heavy atom. The second-order valence-electron chi connectivity index (χ2n) is 4.74. The zero-order valence-corrected chi connectivity index (χ0v) is 10.7. The number of rotatable bonds is 3. The predicted molar refractivity (Wildman–Crippen MR) is 72.4 cm³/mol. The predicted octanol–water partition coefficient (Wildman–Crippen LogP) is 1.53. The lowest BCUT2D eigenvalue weighted by molar-refractivity contribution is 0.100. The summed E-state index contributed by atoms with van der Waals surface area (Å²) >= 11 is 0. The van der Waals surface area contributed by atoms with Gasteiger partial charge in [-0.1, -0.05) is 6.92 Å². The molecule has 0 spiro atoms. The molecule has 2 heterocycles. The first-order valence-electron chi connectivity index (χ1n) is 6.45. The van der Waals surface area contributed by atoms with Gasteiger partial charge in [-0.25, -0.2) is 4.98 Å². The molecular formula is C13H20N4O. The van der Waals surface area contributed by atoms with E-state index in [0.717, 1.165) is 31.5 Å². The number of carbonyl (C=O) groups excluding carboxylic acids is 1. The van der Waals surface area contributed by atoms with Crippen LogP contribution in [0, 0.1) is 0 Å². The highest BCUT2D eigenvalue weighted by Crippen LogP contribution is 2.29.